The highest BCUT2D eigenvalue weighted by molar-refractivity contribution is 6.11. The van der Waals surface area contributed by atoms with E-state index < -0.39 is 0 Å². The number of rotatable bonds is 0. The van der Waals surface area contributed by atoms with Crippen LogP contribution >= 0.6 is 0 Å². The van der Waals surface area contributed by atoms with E-state index in [0.717, 1.165) is 35.4 Å². The average Bonchev–Trinajstić information content (AvgIpc) is 2.47. The lowest BCUT2D eigenvalue weighted by Gasteiger charge is -2.23. The van der Waals surface area contributed by atoms with Gasteiger partial charge in [-0.25, -0.2) is 0 Å². The van der Waals surface area contributed by atoms with E-state index in [9.17, 15) is 5.11 Å². The Morgan fingerprint density at radius 3 is 2.55 bits per heavy atom. The van der Waals surface area contributed by atoms with Gasteiger partial charge in [0.25, 0.3) is 0 Å². The second-order valence-electron chi connectivity index (χ2n) is 5.74. The van der Waals surface area contributed by atoms with Crippen molar-refractivity contribution < 1.29 is 5.11 Å². The number of fused-ring (bicyclic) bond motifs is 5. The predicted molar refractivity (Wildman–Crippen MR) is 83.1 cm³/mol. The second kappa shape index (κ2) is 4.22. The van der Waals surface area contributed by atoms with Crippen molar-refractivity contribution in [2.45, 2.75) is 25.3 Å². The van der Waals surface area contributed by atoms with E-state index in [2.05, 4.69) is 18.2 Å². The third kappa shape index (κ3) is 1.61. The van der Waals surface area contributed by atoms with Gasteiger partial charge in [-0.3, -0.25) is 0 Å². The maximum atomic E-state index is 10.3. The predicted octanol–water partition coefficient (Wildman–Crippen LogP) is 3.51. The molecule has 3 aromatic carbocycles. The summed E-state index contributed by atoms with van der Waals surface area (Å²) in [5.41, 5.74) is 8.83. The molecule has 0 aliphatic heterocycles. The molecule has 0 fully saturated rings. The van der Waals surface area contributed by atoms with Crippen molar-refractivity contribution in [3.63, 3.8) is 0 Å². The van der Waals surface area contributed by atoms with Crippen LogP contribution in [0.15, 0.2) is 42.5 Å². The molecule has 20 heavy (non-hydrogen) atoms. The number of phenols is 1. The fourth-order valence-electron chi connectivity index (χ4n) is 3.45. The summed E-state index contributed by atoms with van der Waals surface area (Å²) in [4.78, 5) is 0. The highest BCUT2D eigenvalue weighted by atomic mass is 16.3. The molecule has 0 spiro atoms. The molecule has 0 saturated heterocycles. The fraction of sp³-hybridized carbons (Fsp3) is 0.222. The summed E-state index contributed by atoms with van der Waals surface area (Å²) in [7, 11) is 0. The van der Waals surface area contributed by atoms with Gasteiger partial charge in [0, 0.05) is 11.4 Å². The summed E-state index contributed by atoms with van der Waals surface area (Å²) in [6, 6.07) is 14.6. The van der Waals surface area contributed by atoms with E-state index in [1.807, 2.05) is 24.3 Å². The monoisotopic (exact) mass is 263 g/mol. The van der Waals surface area contributed by atoms with Crippen LogP contribution in [-0.2, 0) is 12.8 Å². The number of aromatic hydroxyl groups is 1. The Hall–Kier alpha value is -2.06. The summed E-state index contributed by atoms with van der Waals surface area (Å²) in [5, 5.41) is 14.7. The minimum Gasteiger partial charge on any atom is -0.507 e. The van der Waals surface area contributed by atoms with Gasteiger partial charge in [0.15, 0.2) is 0 Å². The molecule has 0 radical (unpaired) electrons. The molecular formula is C18H17NO. The topological polar surface area (TPSA) is 46.2 Å². The van der Waals surface area contributed by atoms with Gasteiger partial charge in [-0.1, -0.05) is 36.4 Å². The van der Waals surface area contributed by atoms with Crippen molar-refractivity contribution in [2.24, 2.45) is 5.73 Å². The zero-order valence-electron chi connectivity index (χ0n) is 11.3. The van der Waals surface area contributed by atoms with E-state index in [0.29, 0.717) is 5.75 Å². The molecule has 1 aliphatic rings. The zero-order chi connectivity index (χ0) is 13.7. The van der Waals surface area contributed by atoms with E-state index in [4.69, 9.17) is 5.73 Å². The molecule has 0 heterocycles. The van der Waals surface area contributed by atoms with Gasteiger partial charge >= 0.3 is 0 Å². The highest BCUT2D eigenvalue weighted by Crippen LogP contribution is 2.37. The maximum absolute atomic E-state index is 10.3. The Morgan fingerprint density at radius 2 is 1.70 bits per heavy atom. The lowest BCUT2D eigenvalue weighted by Crippen LogP contribution is -2.27. The van der Waals surface area contributed by atoms with Gasteiger partial charge < -0.3 is 10.8 Å². The second-order valence-corrected chi connectivity index (χ2v) is 5.74. The summed E-state index contributed by atoms with van der Waals surface area (Å²) in [6.45, 7) is 0. The molecule has 0 aromatic heterocycles. The van der Waals surface area contributed by atoms with Crippen molar-refractivity contribution in [1.82, 2.24) is 0 Å². The van der Waals surface area contributed by atoms with Crippen LogP contribution < -0.4 is 5.73 Å². The number of hydrogen-bond donors (Lipinski definition) is 2. The number of aryl methyl sites for hydroxylation is 1. The van der Waals surface area contributed by atoms with Gasteiger partial charge in [-0.15, -0.1) is 0 Å². The molecule has 1 aliphatic carbocycles. The van der Waals surface area contributed by atoms with Crippen molar-refractivity contribution in [3.05, 3.63) is 53.6 Å². The average molecular weight is 263 g/mol. The SMILES string of the molecule is NC1CCc2ccc3c(cc(O)c4ccccc43)c2C1. The Bertz CT molecular complexity index is 822. The Kier molecular flexibility index (Phi) is 2.48. The van der Waals surface area contributed by atoms with E-state index in [-0.39, 0.29) is 6.04 Å². The van der Waals surface area contributed by atoms with E-state index in [1.54, 1.807) is 0 Å². The Balaban J connectivity index is 2.14. The molecule has 3 aromatic rings. The maximum Gasteiger partial charge on any atom is 0.124 e. The molecule has 1 atom stereocenters. The van der Waals surface area contributed by atoms with Gasteiger partial charge in [0.2, 0.25) is 0 Å². The molecule has 0 bridgehead atoms. The third-order valence-corrected chi connectivity index (χ3v) is 4.48. The minimum atomic E-state index is 0.238. The Morgan fingerprint density at radius 1 is 0.950 bits per heavy atom. The number of nitrogens with two attached hydrogens (primary N) is 1. The van der Waals surface area contributed by atoms with Crippen LogP contribution in [0.2, 0.25) is 0 Å². The van der Waals surface area contributed by atoms with Crippen LogP contribution in [0.25, 0.3) is 21.5 Å². The van der Waals surface area contributed by atoms with Crippen molar-refractivity contribution in [1.29, 1.82) is 0 Å². The summed E-state index contributed by atoms with van der Waals surface area (Å²) >= 11 is 0. The number of phenolic OH excluding ortho intramolecular Hbond substituents is 1. The van der Waals surface area contributed by atoms with E-state index >= 15 is 0 Å². The lowest BCUT2D eigenvalue weighted by atomic mass is 9.84. The zero-order valence-corrected chi connectivity index (χ0v) is 11.3. The van der Waals surface area contributed by atoms with Crippen LogP contribution in [-0.4, -0.2) is 11.1 Å². The van der Waals surface area contributed by atoms with Gasteiger partial charge in [-0.2, -0.15) is 0 Å². The molecule has 100 valence electrons. The molecule has 2 nitrogen and oxygen atoms in total. The standard InChI is InChI=1S/C18H17NO/c19-12-7-5-11-6-8-14-13-3-1-2-4-15(13)18(20)10-17(14)16(11)9-12/h1-4,6,8,10,12,20H,5,7,9,19H2. The van der Waals surface area contributed by atoms with Crippen molar-refractivity contribution >= 4 is 21.5 Å². The van der Waals surface area contributed by atoms with Crippen LogP contribution in [0.5, 0.6) is 5.75 Å². The molecular weight excluding hydrogens is 246 g/mol. The molecule has 0 saturated carbocycles. The third-order valence-electron chi connectivity index (χ3n) is 4.48. The first-order valence-corrected chi connectivity index (χ1v) is 7.15. The highest BCUT2D eigenvalue weighted by Gasteiger charge is 2.19. The molecule has 0 amide bonds. The largest absolute Gasteiger partial charge is 0.507 e. The summed E-state index contributed by atoms with van der Waals surface area (Å²) < 4.78 is 0. The van der Waals surface area contributed by atoms with Crippen LogP contribution in [0.1, 0.15) is 17.5 Å². The normalized spacial score (nSPS) is 18.4. The Labute approximate surface area is 117 Å². The van der Waals surface area contributed by atoms with Crippen molar-refractivity contribution in [2.75, 3.05) is 0 Å². The smallest absolute Gasteiger partial charge is 0.124 e. The first kappa shape index (κ1) is 11.7. The fourth-order valence-corrected chi connectivity index (χ4v) is 3.45. The molecule has 1 unspecified atom stereocenters. The minimum absolute atomic E-state index is 0.238. The van der Waals surface area contributed by atoms with Crippen LogP contribution in [0.3, 0.4) is 0 Å². The molecule has 4 rings (SSSR count). The number of benzene rings is 3. The van der Waals surface area contributed by atoms with Crippen LogP contribution in [0.4, 0.5) is 0 Å². The van der Waals surface area contributed by atoms with Gasteiger partial charge in [-0.05, 0) is 52.6 Å². The molecule has 2 heteroatoms. The van der Waals surface area contributed by atoms with E-state index in [1.165, 1.54) is 16.5 Å². The summed E-state index contributed by atoms with van der Waals surface area (Å²) in [5.74, 6) is 0.362. The van der Waals surface area contributed by atoms with Gasteiger partial charge in [0.05, 0.1) is 0 Å². The summed E-state index contributed by atoms with van der Waals surface area (Å²) in [6.07, 6.45) is 3.00. The number of hydrogen-bond acceptors (Lipinski definition) is 2. The molecule has 3 N–H and O–H groups in total. The lowest BCUT2D eigenvalue weighted by molar-refractivity contribution is 0.482. The first-order valence-electron chi connectivity index (χ1n) is 7.15. The van der Waals surface area contributed by atoms with Gasteiger partial charge in [0.1, 0.15) is 5.75 Å². The van der Waals surface area contributed by atoms with Crippen molar-refractivity contribution in [3.8, 4) is 5.75 Å². The quantitative estimate of drug-likeness (QED) is 0.610. The van der Waals surface area contributed by atoms with Crippen LogP contribution in [0, 0.1) is 0 Å². The first-order chi connectivity index (χ1) is 9.74.